The Hall–Kier alpha value is -0.850. The number of allylic oxidation sites excluding steroid dienone is 1. The van der Waals surface area contributed by atoms with Gasteiger partial charge in [-0.1, -0.05) is 19.4 Å². The first-order valence-electron chi connectivity index (χ1n) is 9.77. The highest BCUT2D eigenvalue weighted by Gasteiger charge is 2.65. The summed E-state index contributed by atoms with van der Waals surface area (Å²) in [6.07, 6.45) is 8.44. The zero-order chi connectivity index (χ0) is 18.0. The number of alkyl halides is 1. The fourth-order valence-electron chi connectivity index (χ4n) is 7.13. The predicted octanol–water partition coefficient (Wildman–Crippen LogP) is 4.38. The molecule has 3 nitrogen and oxygen atoms in total. The van der Waals surface area contributed by atoms with Crippen molar-refractivity contribution in [2.75, 3.05) is 0 Å². The van der Waals surface area contributed by atoms with Crippen LogP contribution in [0.1, 0.15) is 65.2 Å². The van der Waals surface area contributed by atoms with Gasteiger partial charge in [-0.15, -0.1) is 11.6 Å². The van der Waals surface area contributed by atoms with E-state index in [1.165, 1.54) is 5.57 Å². The average molecular weight is 362 g/mol. The molecular weight excluding hydrogens is 334 g/mol. The fraction of sp³-hybridized carbons (Fsp3) is 0.810. The van der Waals surface area contributed by atoms with E-state index in [-0.39, 0.29) is 10.8 Å². The Labute approximate surface area is 155 Å². The molecule has 136 valence electrons. The predicted molar refractivity (Wildman–Crippen MR) is 96.9 cm³/mol. The molecule has 0 saturated heterocycles. The Morgan fingerprint density at radius 3 is 2.64 bits per heavy atom. The van der Waals surface area contributed by atoms with Crippen LogP contribution in [0.4, 0.5) is 0 Å². The zero-order valence-electron chi connectivity index (χ0n) is 15.2. The van der Waals surface area contributed by atoms with E-state index in [4.69, 9.17) is 11.6 Å². The molecule has 0 aromatic carbocycles. The van der Waals surface area contributed by atoms with E-state index in [9.17, 15) is 15.2 Å². The SMILES string of the molecule is C[C@]12CCC(=O)C=C1CC[C@@H]1[C@@H]2CC[C@@]2(C)[C@H]1CC[C@]2(Cl)C(O)C#N. The smallest absolute Gasteiger partial charge is 0.160 e. The Morgan fingerprint density at radius 2 is 1.92 bits per heavy atom. The van der Waals surface area contributed by atoms with Crippen LogP contribution < -0.4 is 0 Å². The number of rotatable bonds is 1. The van der Waals surface area contributed by atoms with Crippen LogP contribution in [-0.2, 0) is 4.79 Å². The molecule has 25 heavy (non-hydrogen) atoms. The lowest BCUT2D eigenvalue weighted by Crippen LogP contribution is -2.56. The number of fused-ring (bicyclic) bond motifs is 5. The minimum absolute atomic E-state index is 0.156. The van der Waals surface area contributed by atoms with E-state index in [1.54, 1.807) is 0 Å². The highest BCUT2D eigenvalue weighted by molar-refractivity contribution is 6.25. The molecule has 0 spiro atoms. The zero-order valence-corrected chi connectivity index (χ0v) is 16.0. The molecule has 4 aliphatic rings. The molecule has 0 aliphatic heterocycles. The number of hydrogen-bond acceptors (Lipinski definition) is 3. The van der Waals surface area contributed by atoms with Crippen molar-refractivity contribution < 1.29 is 9.90 Å². The summed E-state index contributed by atoms with van der Waals surface area (Å²) in [4.78, 5) is 11.1. The number of ketones is 1. The molecule has 1 N–H and O–H groups in total. The fourth-order valence-corrected chi connectivity index (χ4v) is 7.52. The normalized spacial score (nSPS) is 50.1. The van der Waals surface area contributed by atoms with Gasteiger partial charge in [-0.2, -0.15) is 5.26 Å². The van der Waals surface area contributed by atoms with Crippen LogP contribution in [0.2, 0.25) is 0 Å². The number of nitrogens with zero attached hydrogens (tertiary/aromatic N) is 1. The molecular formula is C21H28ClNO2. The lowest BCUT2D eigenvalue weighted by molar-refractivity contribution is -0.117. The number of carbonyl (C=O) groups is 1. The summed E-state index contributed by atoms with van der Waals surface area (Å²) in [6, 6.07) is 2.01. The van der Waals surface area contributed by atoms with Crippen LogP contribution in [0.5, 0.6) is 0 Å². The molecule has 7 atom stereocenters. The van der Waals surface area contributed by atoms with Crippen LogP contribution >= 0.6 is 11.6 Å². The second-order valence-corrected chi connectivity index (χ2v) is 10.0. The van der Waals surface area contributed by atoms with Crippen molar-refractivity contribution in [3.8, 4) is 6.07 Å². The Kier molecular flexibility index (Phi) is 3.91. The summed E-state index contributed by atoms with van der Waals surface area (Å²) >= 11 is 6.93. The third kappa shape index (κ3) is 2.17. The van der Waals surface area contributed by atoms with Crippen LogP contribution in [0.25, 0.3) is 0 Å². The van der Waals surface area contributed by atoms with Crippen LogP contribution in [0, 0.1) is 39.9 Å². The molecule has 0 radical (unpaired) electrons. The molecule has 3 saturated carbocycles. The molecule has 1 unspecified atom stereocenters. The molecule has 3 fully saturated rings. The van der Waals surface area contributed by atoms with Gasteiger partial charge in [0, 0.05) is 6.42 Å². The first-order valence-corrected chi connectivity index (χ1v) is 10.1. The van der Waals surface area contributed by atoms with Crippen LogP contribution in [0.15, 0.2) is 11.6 Å². The van der Waals surface area contributed by atoms with E-state index in [0.29, 0.717) is 30.0 Å². The van der Waals surface area contributed by atoms with E-state index in [1.807, 2.05) is 12.1 Å². The van der Waals surface area contributed by atoms with Gasteiger partial charge in [0.1, 0.15) is 0 Å². The van der Waals surface area contributed by atoms with Crippen molar-refractivity contribution in [2.24, 2.45) is 28.6 Å². The molecule has 0 aromatic heterocycles. The van der Waals surface area contributed by atoms with Crippen molar-refractivity contribution in [3.63, 3.8) is 0 Å². The van der Waals surface area contributed by atoms with Gasteiger partial charge < -0.3 is 5.11 Å². The maximum Gasteiger partial charge on any atom is 0.160 e. The maximum absolute atomic E-state index is 11.9. The van der Waals surface area contributed by atoms with Gasteiger partial charge in [0.2, 0.25) is 0 Å². The van der Waals surface area contributed by atoms with Crippen molar-refractivity contribution in [1.29, 1.82) is 5.26 Å². The van der Waals surface area contributed by atoms with Crippen LogP contribution in [0.3, 0.4) is 0 Å². The third-order valence-electron chi connectivity index (χ3n) is 8.68. The quantitative estimate of drug-likeness (QED) is 0.556. The van der Waals surface area contributed by atoms with Gasteiger partial charge in [-0.25, -0.2) is 0 Å². The second kappa shape index (κ2) is 5.57. The molecule has 4 rings (SSSR count). The summed E-state index contributed by atoms with van der Waals surface area (Å²) < 4.78 is 0. The maximum atomic E-state index is 11.9. The van der Waals surface area contributed by atoms with Crippen LogP contribution in [-0.4, -0.2) is 21.9 Å². The number of nitriles is 1. The van der Waals surface area contributed by atoms with E-state index < -0.39 is 11.0 Å². The van der Waals surface area contributed by atoms with E-state index in [0.717, 1.165) is 44.9 Å². The van der Waals surface area contributed by atoms with E-state index >= 15 is 0 Å². The minimum Gasteiger partial charge on any atom is -0.376 e. The largest absolute Gasteiger partial charge is 0.376 e. The first-order chi connectivity index (χ1) is 11.8. The van der Waals surface area contributed by atoms with Gasteiger partial charge in [-0.05, 0) is 79.6 Å². The average Bonchev–Trinajstić information content (AvgIpc) is 2.87. The summed E-state index contributed by atoms with van der Waals surface area (Å²) in [7, 11) is 0. The summed E-state index contributed by atoms with van der Waals surface area (Å²) in [6.45, 7) is 4.59. The van der Waals surface area contributed by atoms with E-state index in [2.05, 4.69) is 13.8 Å². The number of carbonyl (C=O) groups excluding carboxylic acids is 1. The molecule has 4 heteroatoms. The third-order valence-corrected chi connectivity index (χ3v) is 9.50. The van der Waals surface area contributed by atoms with Crippen molar-refractivity contribution in [3.05, 3.63) is 11.6 Å². The molecule has 0 bridgehead atoms. The summed E-state index contributed by atoms with van der Waals surface area (Å²) in [5, 5.41) is 19.6. The highest BCUT2D eigenvalue weighted by atomic mass is 35.5. The Morgan fingerprint density at radius 1 is 1.20 bits per heavy atom. The Bertz CT molecular complexity index is 682. The monoisotopic (exact) mass is 361 g/mol. The van der Waals surface area contributed by atoms with Crippen molar-refractivity contribution in [2.45, 2.75) is 76.2 Å². The molecule has 0 aromatic rings. The van der Waals surface area contributed by atoms with Gasteiger partial charge >= 0.3 is 0 Å². The second-order valence-electron chi connectivity index (χ2n) is 9.36. The van der Waals surface area contributed by atoms with Gasteiger partial charge in [0.05, 0.1) is 10.9 Å². The topological polar surface area (TPSA) is 61.1 Å². The lowest BCUT2D eigenvalue weighted by Gasteiger charge is -2.59. The lowest BCUT2D eigenvalue weighted by atomic mass is 9.46. The van der Waals surface area contributed by atoms with Crippen molar-refractivity contribution >= 4 is 17.4 Å². The number of aliphatic hydroxyl groups excluding tert-OH is 1. The van der Waals surface area contributed by atoms with Gasteiger partial charge in [-0.3, -0.25) is 4.79 Å². The minimum atomic E-state index is -1.09. The van der Waals surface area contributed by atoms with Gasteiger partial charge in [0.15, 0.2) is 11.9 Å². The number of aliphatic hydroxyl groups is 1. The van der Waals surface area contributed by atoms with Crippen molar-refractivity contribution in [1.82, 2.24) is 0 Å². The summed E-state index contributed by atoms with van der Waals surface area (Å²) in [5.41, 5.74) is 1.36. The number of hydrogen-bond donors (Lipinski definition) is 1. The first kappa shape index (κ1) is 17.6. The standard InChI is InChI=1S/C21H28ClNO2/c1-19-8-5-14(24)11-13(19)3-4-15-16(19)6-9-20(2)17(15)7-10-21(20,22)18(25)12-23/h11,15-18,25H,3-10H2,1-2H3/t15-,16+,17+,18?,19+,20+,21+/m1/s1. The molecule has 0 heterocycles. The number of halogens is 1. The summed E-state index contributed by atoms with van der Waals surface area (Å²) in [5.74, 6) is 1.98. The Balaban J connectivity index is 1.68. The molecule has 0 amide bonds. The molecule has 4 aliphatic carbocycles. The van der Waals surface area contributed by atoms with Gasteiger partial charge in [0.25, 0.3) is 0 Å². The highest BCUT2D eigenvalue weighted by Crippen LogP contribution is 2.69.